The van der Waals surface area contributed by atoms with Crippen molar-refractivity contribution in [2.24, 2.45) is 4.99 Å². The number of carbonyl (C=O) groups excluding carboxylic acids is 1. The van der Waals surface area contributed by atoms with Crippen molar-refractivity contribution in [2.45, 2.75) is 18.8 Å². The van der Waals surface area contributed by atoms with Gasteiger partial charge in [-0.1, -0.05) is 30.3 Å². The third-order valence-corrected chi connectivity index (χ3v) is 4.60. The first-order chi connectivity index (χ1) is 12.3. The van der Waals surface area contributed by atoms with Gasteiger partial charge < -0.3 is 20.4 Å². The Balaban J connectivity index is 1.29. The monoisotopic (exact) mass is 358 g/mol. The maximum atomic E-state index is 11.0. The van der Waals surface area contributed by atoms with Crippen LogP contribution in [0, 0.1) is 0 Å². The number of benzene rings is 1. The van der Waals surface area contributed by atoms with E-state index in [1.807, 2.05) is 30.3 Å². The summed E-state index contributed by atoms with van der Waals surface area (Å²) in [5.74, 6) is 4.13. The molecule has 0 aliphatic carbocycles. The smallest absolute Gasteiger partial charge is 0.268 e. The van der Waals surface area contributed by atoms with Crippen LogP contribution in [0.4, 0.5) is 0 Å². The molecule has 1 amide bonds. The first-order valence-corrected chi connectivity index (χ1v) is 9.44. The average molecular weight is 358 g/mol. The third-order valence-electron chi connectivity index (χ3n) is 3.62. The van der Waals surface area contributed by atoms with Gasteiger partial charge >= 0.3 is 0 Å². The van der Waals surface area contributed by atoms with Gasteiger partial charge in [-0.25, -0.2) is 0 Å². The first-order valence-electron chi connectivity index (χ1n) is 8.29. The predicted molar refractivity (Wildman–Crippen MR) is 100 cm³/mol. The van der Waals surface area contributed by atoms with E-state index in [-0.39, 0.29) is 5.91 Å². The number of hydrogen-bond acceptors (Lipinski definition) is 6. The highest BCUT2D eigenvalue weighted by atomic mass is 32.2. The van der Waals surface area contributed by atoms with Crippen molar-refractivity contribution >= 4 is 23.6 Å². The molecule has 7 heteroatoms. The summed E-state index contributed by atoms with van der Waals surface area (Å²) < 4.78 is 5.83. The van der Waals surface area contributed by atoms with Crippen LogP contribution in [0.2, 0.25) is 0 Å². The molecular weight excluding hydrogens is 336 g/mol. The molecule has 0 atom stereocenters. The van der Waals surface area contributed by atoms with Crippen LogP contribution in [0.25, 0.3) is 0 Å². The van der Waals surface area contributed by atoms with Crippen molar-refractivity contribution in [1.82, 2.24) is 16.0 Å². The number of thioether (sulfide) groups is 1. The summed E-state index contributed by atoms with van der Waals surface area (Å²) in [7, 11) is 0. The fourth-order valence-electron chi connectivity index (χ4n) is 2.40. The van der Waals surface area contributed by atoms with E-state index in [0.29, 0.717) is 12.5 Å². The van der Waals surface area contributed by atoms with Crippen LogP contribution in [0.5, 0.6) is 0 Å². The quantitative estimate of drug-likeness (QED) is 0.594. The Kier molecular flexibility index (Phi) is 6.53. The van der Waals surface area contributed by atoms with Gasteiger partial charge in [0.05, 0.1) is 18.8 Å². The molecule has 0 bridgehead atoms. The van der Waals surface area contributed by atoms with Gasteiger partial charge in [0.2, 0.25) is 0 Å². The topological polar surface area (TPSA) is 78.7 Å². The molecule has 1 aromatic carbocycles. The number of rotatable bonds is 9. The molecule has 1 aromatic heterocycles. The van der Waals surface area contributed by atoms with Crippen LogP contribution in [-0.4, -0.2) is 30.7 Å². The lowest BCUT2D eigenvalue weighted by Gasteiger charge is -2.05. The van der Waals surface area contributed by atoms with Crippen LogP contribution in [0.3, 0.4) is 0 Å². The number of hydrogen-bond donors (Lipinski definition) is 3. The molecule has 3 rings (SSSR count). The van der Waals surface area contributed by atoms with Crippen LogP contribution in [0.1, 0.15) is 17.1 Å². The highest BCUT2D eigenvalue weighted by molar-refractivity contribution is 7.98. The molecule has 0 fully saturated rings. The van der Waals surface area contributed by atoms with E-state index in [4.69, 9.17) is 4.42 Å². The fraction of sp³-hybridized carbons (Fsp3) is 0.333. The molecule has 132 valence electrons. The highest BCUT2D eigenvalue weighted by Gasteiger charge is 2.11. The summed E-state index contributed by atoms with van der Waals surface area (Å²) in [4.78, 5) is 14.8. The number of guanidine groups is 1. The Bertz CT molecular complexity index is 715. The van der Waals surface area contributed by atoms with Gasteiger partial charge in [0, 0.05) is 18.8 Å². The fourth-order valence-corrected chi connectivity index (χ4v) is 3.15. The van der Waals surface area contributed by atoms with Crippen LogP contribution in [-0.2, 0) is 23.6 Å². The predicted octanol–water partition coefficient (Wildman–Crippen LogP) is 1.88. The Morgan fingerprint density at radius 1 is 1.12 bits per heavy atom. The normalized spacial score (nSPS) is 13.6. The van der Waals surface area contributed by atoms with Gasteiger partial charge in [0.1, 0.15) is 11.5 Å². The zero-order chi connectivity index (χ0) is 17.3. The Labute approximate surface area is 151 Å². The average Bonchev–Trinajstić information content (AvgIpc) is 3.25. The van der Waals surface area contributed by atoms with Crippen molar-refractivity contribution in [3.05, 3.63) is 59.5 Å². The molecule has 0 unspecified atom stereocenters. The number of aliphatic imine (C=N–C) groups is 1. The number of amides is 1. The van der Waals surface area contributed by atoms with Crippen LogP contribution < -0.4 is 16.0 Å². The summed E-state index contributed by atoms with van der Waals surface area (Å²) in [6, 6.07) is 14.4. The lowest BCUT2D eigenvalue weighted by atomic mass is 10.2. The van der Waals surface area contributed by atoms with Gasteiger partial charge in [-0.2, -0.15) is 16.8 Å². The van der Waals surface area contributed by atoms with Crippen molar-refractivity contribution in [1.29, 1.82) is 0 Å². The maximum Gasteiger partial charge on any atom is 0.268 e. The van der Waals surface area contributed by atoms with E-state index in [9.17, 15) is 4.79 Å². The van der Waals surface area contributed by atoms with E-state index >= 15 is 0 Å². The van der Waals surface area contributed by atoms with E-state index in [1.54, 1.807) is 11.8 Å². The second-order valence-electron chi connectivity index (χ2n) is 5.64. The summed E-state index contributed by atoms with van der Waals surface area (Å²) in [5, 5.41) is 9.39. The minimum Gasteiger partial charge on any atom is -0.464 e. The van der Waals surface area contributed by atoms with Crippen LogP contribution >= 0.6 is 11.8 Å². The third kappa shape index (κ3) is 5.95. The lowest BCUT2D eigenvalue weighted by Crippen LogP contribution is -2.35. The van der Waals surface area contributed by atoms with Gasteiger partial charge in [-0.05, 0) is 17.7 Å². The Morgan fingerprint density at radius 2 is 1.96 bits per heavy atom. The Hall–Kier alpha value is -2.25. The first kappa shape index (κ1) is 17.6. The summed E-state index contributed by atoms with van der Waals surface area (Å²) in [6.07, 6.45) is 0. The van der Waals surface area contributed by atoms with Crippen molar-refractivity contribution < 1.29 is 9.21 Å². The molecule has 2 aromatic rings. The molecule has 1 aliphatic rings. The molecule has 0 radical (unpaired) electrons. The largest absolute Gasteiger partial charge is 0.464 e. The zero-order valence-electron chi connectivity index (χ0n) is 14.0. The molecule has 25 heavy (non-hydrogen) atoms. The van der Waals surface area contributed by atoms with E-state index in [1.165, 1.54) is 5.56 Å². The number of nitrogens with one attached hydrogen (secondary N) is 3. The van der Waals surface area contributed by atoms with Gasteiger partial charge in [0.25, 0.3) is 5.91 Å². The van der Waals surface area contributed by atoms with Crippen molar-refractivity contribution in [3.8, 4) is 0 Å². The number of carbonyl (C=O) groups is 1. The second-order valence-corrected chi connectivity index (χ2v) is 6.75. The molecule has 0 saturated heterocycles. The molecule has 0 saturated carbocycles. The summed E-state index contributed by atoms with van der Waals surface area (Å²) >= 11 is 1.78. The molecule has 1 aliphatic heterocycles. The lowest BCUT2D eigenvalue weighted by molar-refractivity contribution is -0.116. The number of nitrogens with zero attached hydrogens (tertiary/aromatic N) is 1. The molecule has 2 heterocycles. The SMILES string of the molecule is O=C1CNC(NCCSCc2ccc(CNCc3ccccc3)o2)=N1. The molecule has 3 N–H and O–H groups in total. The minimum absolute atomic E-state index is 0.126. The standard InChI is InChI=1S/C18H22N4O2S/c23-17-12-21-18(22-17)20-8-9-25-13-16-7-6-15(24-16)11-19-10-14-4-2-1-3-5-14/h1-7,19H,8-13H2,(H2,20,21,22,23). The number of furan rings is 1. The molecule has 0 spiro atoms. The van der Waals surface area contributed by atoms with E-state index < -0.39 is 0 Å². The molecule has 6 nitrogen and oxygen atoms in total. The van der Waals surface area contributed by atoms with Crippen LogP contribution in [0.15, 0.2) is 51.9 Å². The molecular formula is C18H22N4O2S. The maximum absolute atomic E-state index is 11.0. The highest BCUT2D eigenvalue weighted by Crippen LogP contribution is 2.15. The minimum atomic E-state index is -0.126. The van der Waals surface area contributed by atoms with Crippen molar-refractivity contribution in [2.75, 3.05) is 18.8 Å². The van der Waals surface area contributed by atoms with Gasteiger partial charge in [0.15, 0.2) is 5.96 Å². The van der Waals surface area contributed by atoms with Crippen molar-refractivity contribution in [3.63, 3.8) is 0 Å². The van der Waals surface area contributed by atoms with E-state index in [2.05, 4.69) is 33.1 Å². The van der Waals surface area contributed by atoms with Gasteiger partial charge in [-0.15, -0.1) is 0 Å². The zero-order valence-corrected chi connectivity index (χ0v) is 14.8. The summed E-state index contributed by atoms with van der Waals surface area (Å²) in [6.45, 7) is 2.61. The second kappa shape index (κ2) is 9.29. The summed E-state index contributed by atoms with van der Waals surface area (Å²) in [5.41, 5.74) is 1.26. The Morgan fingerprint density at radius 3 is 2.76 bits per heavy atom. The van der Waals surface area contributed by atoms with Gasteiger partial charge in [-0.3, -0.25) is 4.79 Å². The van der Waals surface area contributed by atoms with E-state index in [0.717, 1.165) is 42.7 Å².